The van der Waals surface area contributed by atoms with Crippen molar-refractivity contribution < 1.29 is 4.74 Å². The Labute approximate surface area is 131 Å². The number of nitrogens with one attached hydrogen (secondary N) is 1. The van der Waals surface area contributed by atoms with Crippen LogP contribution in [0.15, 0.2) is 23.6 Å². The van der Waals surface area contributed by atoms with Crippen molar-refractivity contribution in [2.24, 2.45) is 0 Å². The standard InChI is InChI=1S/C17H24N2OS/c1-6-20-14-7-8-15(12(2)9-14)18-10-13-11-21-16(19-13)17(3,4)5/h7-9,11,18H,6,10H2,1-5H3. The SMILES string of the molecule is CCOc1ccc(NCc2csc(C(C)(C)C)n2)c(C)c1. The van der Waals surface area contributed by atoms with Crippen LogP contribution in [0.25, 0.3) is 0 Å². The lowest BCUT2D eigenvalue weighted by Gasteiger charge is -2.14. The number of aryl methyl sites for hydroxylation is 1. The average Bonchev–Trinajstić information content (AvgIpc) is 2.87. The molecule has 0 radical (unpaired) electrons. The minimum atomic E-state index is 0.123. The highest BCUT2D eigenvalue weighted by molar-refractivity contribution is 7.09. The van der Waals surface area contributed by atoms with Crippen LogP contribution in [0.3, 0.4) is 0 Å². The Morgan fingerprint density at radius 1 is 1.29 bits per heavy atom. The zero-order valence-electron chi connectivity index (χ0n) is 13.5. The molecule has 0 unspecified atom stereocenters. The van der Waals surface area contributed by atoms with Gasteiger partial charge in [-0.25, -0.2) is 4.98 Å². The van der Waals surface area contributed by atoms with Gasteiger partial charge in [0.05, 0.1) is 23.9 Å². The molecule has 3 nitrogen and oxygen atoms in total. The summed E-state index contributed by atoms with van der Waals surface area (Å²) < 4.78 is 5.51. The van der Waals surface area contributed by atoms with Crippen molar-refractivity contribution in [2.75, 3.05) is 11.9 Å². The van der Waals surface area contributed by atoms with Gasteiger partial charge in [0, 0.05) is 16.5 Å². The Morgan fingerprint density at radius 2 is 2.05 bits per heavy atom. The molecule has 1 aromatic carbocycles. The molecule has 0 aliphatic carbocycles. The molecule has 21 heavy (non-hydrogen) atoms. The molecule has 0 saturated carbocycles. The molecule has 0 spiro atoms. The summed E-state index contributed by atoms with van der Waals surface area (Å²) in [5.74, 6) is 0.921. The van der Waals surface area contributed by atoms with Crippen molar-refractivity contribution in [3.63, 3.8) is 0 Å². The molecule has 2 rings (SSSR count). The van der Waals surface area contributed by atoms with E-state index in [0.717, 1.165) is 23.7 Å². The first kappa shape index (κ1) is 15.8. The fourth-order valence-corrected chi connectivity index (χ4v) is 2.92. The molecule has 1 N–H and O–H groups in total. The van der Waals surface area contributed by atoms with Gasteiger partial charge in [-0.2, -0.15) is 0 Å². The van der Waals surface area contributed by atoms with Crippen LogP contribution in [-0.4, -0.2) is 11.6 Å². The minimum Gasteiger partial charge on any atom is -0.494 e. The number of ether oxygens (including phenoxy) is 1. The molecule has 0 atom stereocenters. The van der Waals surface area contributed by atoms with Gasteiger partial charge in [0.25, 0.3) is 0 Å². The van der Waals surface area contributed by atoms with Gasteiger partial charge in [0.1, 0.15) is 5.75 Å². The highest BCUT2D eigenvalue weighted by atomic mass is 32.1. The van der Waals surface area contributed by atoms with Crippen LogP contribution >= 0.6 is 11.3 Å². The first-order valence-electron chi connectivity index (χ1n) is 7.32. The van der Waals surface area contributed by atoms with Gasteiger partial charge in [-0.15, -0.1) is 11.3 Å². The zero-order chi connectivity index (χ0) is 15.5. The van der Waals surface area contributed by atoms with Crippen LogP contribution in [0, 0.1) is 6.92 Å². The van der Waals surface area contributed by atoms with E-state index in [9.17, 15) is 0 Å². The maximum atomic E-state index is 5.51. The van der Waals surface area contributed by atoms with E-state index in [-0.39, 0.29) is 5.41 Å². The zero-order valence-corrected chi connectivity index (χ0v) is 14.3. The van der Waals surface area contributed by atoms with E-state index < -0.39 is 0 Å². The normalized spacial score (nSPS) is 11.5. The van der Waals surface area contributed by atoms with E-state index in [1.807, 2.05) is 13.0 Å². The Kier molecular flexibility index (Phi) is 4.88. The van der Waals surface area contributed by atoms with Crippen LogP contribution in [-0.2, 0) is 12.0 Å². The van der Waals surface area contributed by atoms with Crippen molar-refractivity contribution in [1.82, 2.24) is 4.98 Å². The lowest BCUT2D eigenvalue weighted by Crippen LogP contribution is -2.11. The third-order valence-corrected chi connectivity index (χ3v) is 4.48. The molecular weight excluding hydrogens is 280 g/mol. The van der Waals surface area contributed by atoms with Gasteiger partial charge < -0.3 is 10.1 Å². The summed E-state index contributed by atoms with van der Waals surface area (Å²) in [4.78, 5) is 4.70. The number of hydrogen-bond donors (Lipinski definition) is 1. The topological polar surface area (TPSA) is 34.1 Å². The number of benzene rings is 1. The van der Waals surface area contributed by atoms with Crippen molar-refractivity contribution in [1.29, 1.82) is 0 Å². The number of aromatic nitrogens is 1. The molecule has 0 bridgehead atoms. The molecule has 0 aliphatic rings. The molecule has 0 aliphatic heterocycles. The molecule has 0 fully saturated rings. The Balaban J connectivity index is 2.01. The number of anilines is 1. The molecular formula is C17H24N2OS. The average molecular weight is 304 g/mol. The van der Waals surface area contributed by atoms with E-state index in [1.54, 1.807) is 11.3 Å². The van der Waals surface area contributed by atoms with Crippen molar-refractivity contribution in [2.45, 2.75) is 46.6 Å². The van der Waals surface area contributed by atoms with E-state index >= 15 is 0 Å². The van der Waals surface area contributed by atoms with E-state index in [2.05, 4.69) is 50.5 Å². The third kappa shape index (κ3) is 4.21. The fourth-order valence-electron chi connectivity index (χ4n) is 2.01. The van der Waals surface area contributed by atoms with E-state index in [1.165, 1.54) is 10.6 Å². The molecule has 0 saturated heterocycles. The molecule has 1 heterocycles. The van der Waals surface area contributed by atoms with Crippen molar-refractivity contribution in [3.8, 4) is 5.75 Å². The Bertz CT molecular complexity index is 599. The van der Waals surface area contributed by atoms with Crippen LogP contribution in [0.1, 0.15) is 44.0 Å². The lowest BCUT2D eigenvalue weighted by atomic mass is 9.98. The third-order valence-electron chi connectivity index (χ3n) is 3.16. The fraction of sp³-hybridized carbons (Fsp3) is 0.471. The summed E-state index contributed by atoms with van der Waals surface area (Å²) in [7, 11) is 0. The van der Waals surface area contributed by atoms with Gasteiger partial charge in [0.2, 0.25) is 0 Å². The smallest absolute Gasteiger partial charge is 0.119 e. The second-order valence-corrected chi connectivity index (χ2v) is 7.02. The maximum absolute atomic E-state index is 5.51. The van der Waals surface area contributed by atoms with Gasteiger partial charge in [0.15, 0.2) is 0 Å². The lowest BCUT2D eigenvalue weighted by molar-refractivity contribution is 0.340. The van der Waals surface area contributed by atoms with E-state index in [0.29, 0.717) is 6.61 Å². The number of rotatable bonds is 5. The van der Waals surface area contributed by atoms with Crippen LogP contribution < -0.4 is 10.1 Å². The van der Waals surface area contributed by atoms with Gasteiger partial charge >= 0.3 is 0 Å². The van der Waals surface area contributed by atoms with E-state index in [4.69, 9.17) is 9.72 Å². The van der Waals surface area contributed by atoms with Crippen molar-refractivity contribution >= 4 is 17.0 Å². The molecule has 2 aromatic rings. The second-order valence-electron chi connectivity index (χ2n) is 6.16. The second kappa shape index (κ2) is 6.48. The maximum Gasteiger partial charge on any atom is 0.119 e. The molecule has 0 amide bonds. The number of hydrogen-bond acceptors (Lipinski definition) is 4. The summed E-state index contributed by atoms with van der Waals surface area (Å²) in [6.07, 6.45) is 0. The first-order valence-corrected chi connectivity index (χ1v) is 8.20. The monoisotopic (exact) mass is 304 g/mol. The predicted octanol–water partition coefficient (Wildman–Crippen LogP) is 4.76. The summed E-state index contributed by atoms with van der Waals surface area (Å²) in [5.41, 5.74) is 3.53. The predicted molar refractivity (Wildman–Crippen MR) is 90.5 cm³/mol. The summed E-state index contributed by atoms with van der Waals surface area (Å²) in [6, 6.07) is 6.13. The molecule has 1 aromatic heterocycles. The van der Waals surface area contributed by atoms with Crippen LogP contribution in [0.2, 0.25) is 0 Å². The largest absolute Gasteiger partial charge is 0.494 e. The Morgan fingerprint density at radius 3 is 2.62 bits per heavy atom. The summed E-state index contributed by atoms with van der Waals surface area (Å²) in [6.45, 7) is 12.1. The van der Waals surface area contributed by atoms with Gasteiger partial charge in [-0.1, -0.05) is 20.8 Å². The highest BCUT2D eigenvalue weighted by Crippen LogP contribution is 2.26. The Hall–Kier alpha value is -1.55. The summed E-state index contributed by atoms with van der Waals surface area (Å²) >= 11 is 1.73. The number of nitrogens with zero attached hydrogens (tertiary/aromatic N) is 1. The number of thiazole rings is 1. The van der Waals surface area contributed by atoms with Crippen molar-refractivity contribution in [3.05, 3.63) is 39.8 Å². The first-order chi connectivity index (χ1) is 9.90. The molecule has 114 valence electrons. The quantitative estimate of drug-likeness (QED) is 0.864. The molecule has 4 heteroatoms. The minimum absolute atomic E-state index is 0.123. The van der Waals surface area contributed by atoms with Gasteiger partial charge in [-0.05, 0) is 37.6 Å². The van der Waals surface area contributed by atoms with Gasteiger partial charge in [-0.3, -0.25) is 0 Å². The summed E-state index contributed by atoms with van der Waals surface area (Å²) in [5, 5.41) is 6.77. The van der Waals surface area contributed by atoms with Crippen LogP contribution in [0.4, 0.5) is 5.69 Å². The highest BCUT2D eigenvalue weighted by Gasteiger charge is 2.17. The van der Waals surface area contributed by atoms with Crippen LogP contribution in [0.5, 0.6) is 5.75 Å².